The summed E-state index contributed by atoms with van der Waals surface area (Å²) in [6.07, 6.45) is 4.15. The Kier molecular flexibility index (Phi) is 4.74. The van der Waals surface area contributed by atoms with Crippen LogP contribution in [0.15, 0.2) is 0 Å². The molecular weight excluding hydrogens is 160 g/mol. The van der Waals surface area contributed by atoms with Gasteiger partial charge in [-0.2, -0.15) is 0 Å². The van der Waals surface area contributed by atoms with Crippen molar-refractivity contribution in [2.24, 2.45) is 5.92 Å². The predicted molar refractivity (Wildman–Crippen MR) is 58.0 cm³/mol. The van der Waals surface area contributed by atoms with Gasteiger partial charge in [0.1, 0.15) is 0 Å². The Morgan fingerprint density at radius 2 is 2.15 bits per heavy atom. The smallest absolute Gasteiger partial charge is 0.0166 e. The molecule has 2 heteroatoms. The minimum absolute atomic E-state index is 0.642. The first-order chi connectivity index (χ1) is 6.22. The lowest BCUT2D eigenvalue weighted by atomic mass is 10.3. The van der Waals surface area contributed by atoms with E-state index >= 15 is 0 Å². The van der Waals surface area contributed by atoms with Crippen molar-refractivity contribution < 1.29 is 0 Å². The molecule has 2 nitrogen and oxygen atoms in total. The third-order valence-corrected chi connectivity index (χ3v) is 2.60. The maximum Gasteiger partial charge on any atom is 0.0166 e. The van der Waals surface area contributed by atoms with E-state index in [1.807, 2.05) is 0 Å². The van der Waals surface area contributed by atoms with Crippen LogP contribution in [0.4, 0.5) is 0 Å². The van der Waals surface area contributed by atoms with Gasteiger partial charge in [0, 0.05) is 19.1 Å². The second kappa shape index (κ2) is 5.61. The molecule has 1 N–H and O–H groups in total. The Morgan fingerprint density at radius 1 is 1.46 bits per heavy atom. The van der Waals surface area contributed by atoms with Crippen LogP contribution < -0.4 is 5.32 Å². The zero-order chi connectivity index (χ0) is 9.68. The van der Waals surface area contributed by atoms with Crippen LogP contribution >= 0.6 is 0 Å². The van der Waals surface area contributed by atoms with Crippen LogP contribution in [0.5, 0.6) is 0 Å². The molecule has 1 saturated carbocycles. The summed E-state index contributed by atoms with van der Waals surface area (Å²) in [4.78, 5) is 2.46. The molecule has 1 fully saturated rings. The van der Waals surface area contributed by atoms with Crippen molar-refractivity contribution in [3.8, 4) is 0 Å². The van der Waals surface area contributed by atoms with E-state index in [0.29, 0.717) is 6.04 Å². The molecule has 0 heterocycles. The first-order valence-electron chi connectivity index (χ1n) is 5.64. The summed E-state index contributed by atoms with van der Waals surface area (Å²) in [5, 5.41) is 3.52. The molecule has 78 valence electrons. The van der Waals surface area contributed by atoms with Crippen LogP contribution in [-0.4, -0.2) is 37.6 Å². The van der Waals surface area contributed by atoms with E-state index in [2.05, 4.69) is 31.1 Å². The standard InChI is InChI=1S/C11H24N2/c1-4-7-12-10(2)8-13(3)9-11-5-6-11/h10-12H,4-9H2,1-3H3. The van der Waals surface area contributed by atoms with Crippen LogP contribution in [0, 0.1) is 5.92 Å². The summed E-state index contributed by atoms with van der Waals surface area (Å²) in [5.41, 5.74) is 0. The Labute approximate surface area is 82.7 Å². The number of nitrogens with zero attached hydrogens (tertiary/aromatic N) is 1. The lowest BCUT2D eigenvalue weighted by Gasteiger charge is -2.21. The highest BCUT2D eigenvalue weighted by molar-refractivity contribution is 4.77. The fourth-order valence-electron chi connectivity index (χ4n) is 1.74. The summed E-state index contributed by atoms with van der Waals surface area (Å²) in [6.45, 7) is 8.14. The normalized spacial score (nSPS) is 19.4. The van der Waals surface area contributed by atoms with Crippen molar-refractivity contribution in [1.29, 1.82) is 0 Å². The summed E-state index contributed by atoms with van der Waals surface area (Å²) in [7, 11) is 2.24. The van der Waals surface area contributed by atoms with Crippen molar-refractivity contribution in [1.82, 2.24) is 10.2 Å². The minimum Gasteiger partial charge on any atom is -0.313 e. The van der Waals surface area contributed by atoms with Gasteiger partial charge in [-0.25, -0.2) is 0 Å². The van der Waals surface area contributed by atoms with E-state index in [9.17, 15) is 0 Å². The fourth-order valence-corrected chi connectivity index (χ4v) is 1.74. The summed E-state index contributed by atoms with van der Waals surface area (Å²) in [5.74, 6) is 1.02. The number of hydrogen-bond donors (Lipinski definition) is 1. The first-order valence-corrected chi connectivity index (χ1v) is 5.64. The average Bonchev–Trinajstić information content (AvgIpc) is 2.84. The van der Waals surface area contributed by atoms with Crippen LogP contribution in [0.25, 0.3) is 0 Å². The largest absolute Gasteiger partial charge is 0.313 e. The molecule has 0 aromatic carbocycles. The van der Waals surface area contributed by atoms with Gasteiger partial charge in [0.05, 0.1) is 0 Å². The Balaban J connectivity index is 1.99. The maximum absolute atomic E-state index is 3.52. The van der Waals surface area contributed by atoms with E-state index in [-0.39, 0.29) is 0 Å². The minimum atomic E-state index is 0.642. The third-order valence-electron chi connectivity index (χ3n) is 2.60. The Bertz CT molecular complexity index is 132. The lowest BCUT2D eigenvalue weighted by molar-refractivity contribution is 0.286. The Morgan fingerprint density at radius 3 is 2.69 bits per heavy atom. The molecule has 1 aliphatic carbocycles. The van der Waals surface area contributed by atoms with Crippen molar-refractivity contribution in [2.45, 2.75) is 39.2 Å². The van der Waals surface area contributed by atoms with Crippen molar-refractivity contribution >= 4 is 0 Å². The predicted octanol–water partition coefficient (Wildman–Crippen LogP) is 1.72. The molecule has 0 aliphatic heterocycles. The first kappa shape index (κ1) is 11.0. The molecule has 0 amide bonds. The molecule has 1 aliphatic rings. The molecule has 0 saturated heterocycles. The second-order valence-electron chi connectivity index (χ2n) is 4.52. The van der Waals surface area contributed by atoms with Gasteiger partial charge in [0.25, 0.3) is 0 Å². The zero-order valence-corrected chi connectivity index (χ0v) is 9.34. The second-order valence-corrected chi connectivity index (χ2v) is 4.52. The topological polar surface area (TPSA) is 15.3 Å². The fraction of sp³-hybridized carbons (Fsp3) is 1.00. The molecule has 1 rings (SSSR count). The van der Waals surface area contributed by atoms with E-state index < -0.39 is 0 Å². The molecule has 0 spiro atoms. The van der Waals surface area contributed by atoms with Crippen molar-refractivity contribution in [3.63, 3.8) is 0 Å². The van der Waals surface area contributed by atoms with Crippen molar-refractivity contribution in [3.05, 3.63) is 0 Å². The average molecular weight is 184 g/mol. The highest BCUT2D eigenvalue weighted by Gasteiger charge is 2.22. The van der Waals surface area contributed by atoms with Crippen LogP contribution in [0.1, 0.15) is 33.1 Å². The van der Waals surface area contributed by atoms with Gasteiger partial charge in [0.2, 0.25) is 0 Å². The maximum atomic E-state index is 3.52. The number of hydrogen-bond acceptors (Lipinski definition) is 2. The third kappa shape index (κ3) is 5.27. The molecule has 1 unspecified atom stereocenters. The van der Waals surface area contributed by atoms with Crippen LogP contribution in [0.3, 0.4) is 0 Å². The SMILES string of the molecule is CCCNC(C)CN(C)CC1CC1. The number of nitrogens with one attached hydrogen (secondary N) is 1. The molecule has 13 heavy (non-hydrogen) atoms. The van der Waals surface area contributed by atoms with Gasteiger partial charge in [0.15, 0.2) is 0 Å². The van der Waals surface area contributed by atoms with E-state index in [1.165, 1.54) is 32.4 Å². The van der Waals surface area contributed by atoms with Gasteiger partial charge >= 0.3 is 0 Å². The highest BCUT2D eigenvalue weighted by Crippen LogP contribution is 2.29. The summed E-state index contributed by atoms with van der Waals surface area (Å²) in [6, 6.07) is 0.642. The number of likely N-dealkylation sites (N-methyl/N-ethyl adjacent to an activating group) is 1. The van der Waals surface area contributed by atoms with Gasteiger partial charge in [-0.1, -0.05) is 6.92 Å². The van der Waals surface area contributed by atoms with E-state index in [0.717, 1.165) is 12.5 Å². The molecule has 0 aromatic rings. The van der Waals surface area contributed by atoms with E-state index in [1.54, 1.807) is 0 Å². The number of rotatable bonds is 7. The van der Waals surface area contributed by atoms with Crippen LogP contribution in [0.2, 0.25) is 0 Å². The van der Waals surface area contributed by atoms with Gasteiger partial charge in [-0.15, -0.1) is 0 Å². The molecule has 0 bridgehead atoms. The molecular formula is C11H24N2. The van der Waals surface area contributed by atoms with Gasteiger partial charge < -0.3 is 10.2 Å². The quantitative estimate of drug-likeness (QED) is 0.648. The zero-order valence-electron chi connectivity index (χ0n) is 9.34. The summed E-state index contributed by atoms with van der Waals surface area (Å²) >= 11 is 0. The lowest BCUT2D eigenvalue weighted by Crippen LogP contribution is -2.38. The molecule has 1 atom stereocenters. The monoisotopic (exact) mass is 184 g/mol. The van der Waals surface area contributed by atoms with Gasteiger partial charge in [-0.3, -0.25) is 0 Å². The van der Waals surface area contributed by atoms with E-state index in [4.69, 9.17) is 0 Å². The van der Waals surface area contributed by atoms with Crippen molar-refractivity contribution in [2.75, 3.05) is 26.7 Å². The molecule has 0 radical (unpaired) electrons. The van der Waals surface area contributed by atoms with Gasteiger partial charge in [-0.05, 0) is 45.7 Å². The molecule has 0 aromatic heterocycles. The van der Waals surface area contributed by atoms with Crippen LogP contribution in [-0.2, 0) is 0 Å². The Hall–Kier alpha value is -0.0800. The highest BCUT2D eigenvalue weighted by atomic mass is 15.1. The summed E-state index contributed by atoms with van der Waals surface area (Å²) < 4.78 is 0.